The molecule has 1 N–H and O–H groups in total. The minimum absolute atomic E-state index is 1.10. The molecule has 0 spiro atoms. The van der Waals surface area contributed by atoms with Crippen LogP contribution in [0.3, 0.4) is 0 Å². The molecule has 0 aliphatic carbocycles. The van der Waals surface area contributed by atoms with E-state index < -0.39 is 0 Å². The molecule has 0 unspecified atom stereocenters. The Balaban J connectivity index is -0.000000109. The summed E-state index contributed by atoms with van der Waals surface area (Å²) in [6.45, 7) is 14.8. The second-order valence-corrected chi connectivity index (χ2v) is 2.06. The highest BCUT2D eigenvalue weighted by Gasteiger charge is 1.71. The van der Waals surface area contributed by atoms with Gasteiger partial charge in [0.15, 0.2) is 0 Å². The molecule has 0 rings (SSSR count). The van der Waals surface area contributed by atoms with Gasteiger partial charge in [-0.15, -0.1) is 0 Å². The molecule has 0 bridgehead atoms. The number of nitrogens with one attached hydrogen (secondary N) is 1. The summed E-state index contributed by atoms with van der Waals surface area (Å²) >= 11 is 0. The summed E-state index contributed by atoms with van der Waals surface area (Å²) in [5.41, 5.74) is 0. The fourth-order valence-corrected chi connectivity index (χ4v) is 0.354. The van der Waals surface area contributed by atoms with Gasteiger partial charge in [0, 0.05) is 0 Å². The monoisotopic (exact) mass is 161 g/mol. The van der Waals surface area contributed by atoms with Crippen LogP contribution in [0.2, 0.25) is 0 Å². The van der Waals surface area contributed by atoms with Gasteiger partial charge in [-0.05, 0) is 19.5 Å². The summed E-state index contributed by atoms with van der Waals surface area (Å²) in [6, 6.07) is 0. The van der Waals surface area contributed by atoms with Gasteiger partial charge in [-0.3, -0.25) is 0 Å². The molecule has 0 aromatic rings. The van der Waals surface area contributed by atoms with Crippen LogP contribution in [0, 0.1) is 0 Å². The molecule has 0 heterocycles. The van der Waals surface area contributed by atoms with Crippen LogP contribution in [0.15, 0.2) is 0 Å². The lowest BCUT2D eigenvalue weighted by atomic mass is 10.5. The third-order valence-electron chi connectivity index (χ3n) is 0.677. The Morgan fingerprint density at radius 3 is 1.36 bits per heavy atom. The first-order valence-electron chi connectivity index (χ1n) is 5.04. The molecular formula is C10H27N. The van der Waals surface area contributed by atoms with Crippen LogP contribution < -0.4 is 5.32 Å². The fourth-order valence-electron chi connectivity index (χ4n) is 0.354. The Hall–Kier alpha value is -0.0400. The minimum Gasteiger partial charge on any atom is -0.317 e. The van der Waals surface area contributed by atoms with Gasteiger partial charge < -0.3 is 5.32 Å². The van der Waals surface area contributed by atoms with Gasteiger partial charge >= 0.3 is 0 Å². The Morgan fingerprint density at radius 1 is 0.909 bits per heavy atom. The van der Waals surface area contributed by atoms with Gasteiger partial charge in [-0.25, -0.2) is 0 Å². The van der Waals surface area contributed by atoms with Gasteiger partial charge in [0.25, 0.3) is 0 Å². The van der Waals surface area contributed by atoms with E-state index in [0.717, 1.165) is 13.1 Å². The molecule has 0 aromatic carbocycles. The highest BCUT2D eigenvalue weighted by molar-refractivity contribution is 4.35. The van der Waals surface area contributed by atoms with Crippen molar-refractivity contribution in [1.29, 1.82) is 0 Å². The Labute approximate surface area is 73.6 Å². The van der Waals surface area contributed by atoms with E-state index in [0.29, 0.717) is 0 Å². The van der Waals surface area contributed by atoms with E-state index in [-0.39, 0.29) is 0 Å². The normalized spacial score (nSPS) is 7.09. The molecule has 0 aliphatic rings. The predicted molar refractivity (Wildman–Crippen MR) is 56.1 cm³/mol. The van der Waals surface area contributed by atoms with Crippen molar-refractivity contribution >= 4 is 0 Å². The standard InChI is InChI=1S/C5H13N.C3H8.C2H6/c1-3-5-6-4-2;1-3-2;1-2/h6H,3-5H2,1-2H3;3H2,1-2H3;1-2H3. The van der Waals surface area contributed by atoms with Crippen LogP contribution in [-0.2, 0) is 0 Å². The van der Waals surface area contributed by atoms with E-state index in [4.69, 9.17) is 0 Å². The van der Waals surface area contributed by atoms with Crippen molar-refractivity contribution in [3.8, 4) is 0 Å². The van der Waals surface area contributed by atoms with Gasteiger partial charge in [0.05, 0.1) is 0 Å². The number of hydrogen-bond acceptors (Lipinski definition) is 1. The predicted octanol–water partition coefficient (Wildman–Crippen LogP) is 3.45. The fraction of sp³-hybridized carbons (Fsp3) is 1.00. The van der Waals surface area contributed by atoms with Gasteiger partial charge in [-0.2, -0.15) is 0 Å². The van der Waals surface area contributed by atoms with E-state index in [1.807, 2.05) is 13.8 Å². The molecule has 0 aromatic heterocycles. The SMILES string of the molecule is CC.CCC.CCCNCC. The first kappa shape index (κ1) is 17.2. The second-order valence-electron chi connectivity index (χ2n) is 2.06. The third kappa shape index (κ3) is 72.0. The van der Waals surface area contributed by atoms with Crippen LogP contribution >= 0.6 is 0 Å². The Morgan fingerprint density at radius 2 is 1.27 bits per heavy atom. The lowest BCUT2D eigenvalue weighted by Crippen LogP contribution is -2.12. The number of rotatable bonds is 3. The van der Waals surface area contributed by atoms with Crippen molar-refractivity contribution in [3.05, 3.63) is 0 Å². The molecule has 0 atom stereocenters. The van der Waals surface area contributed by atoms with Crippen molar-refractivity contribution in [2.24, 2.45) is 0 Å². The minimum atomic E-state index is 1.10. The molecule has 11 heavy (non-hydrogen) atoms. The first-order valence-corrected chi connectivity index (χ1v) is 5.04. The average molecular weight is 161 g/mol. The molecule has 0 amide bonds. The van der Waals surface area contributed by atoms with Gasteiger partial charge in [-0.1, -0.05) is 48.0 Å². The first-order chi connectivity index (χ1) is 5.33. The van der Waals surface area contributed by atoms with Gasteiger partial charge in [0.2, 0.25) is 0 Å². The van der Waals surface area contributed by atoms with Crippen molar-refractivity contribution in [3.63, 3.8) is 0 Å². The van der Waals surface area contributed by atoms with Crippen LogP contribution in [0.5, 0.6) is 0 Å². The van der Waals surface area contributed by atoms with Crippen molar-refractivity contribution in [1.82, 2.24) is 5.32 Å². The Kier molecular flexibility index (Phi) is 50.7. The summed E-state index contributed by atoms with van der Waals surface area (Å²) < 4.78 is 0. The molecule has 72 valence electrons. The molecular weight excluding hydrogens is 134 g/mol. The van der Waals surface area contributed by atoms with E-state index >= 15 is 0 Å². The lowest BCUT2D eigenvalue weighted by Gasteiger charge is -1.91. The Bertz CT molecular complexity index is 24.1. The van der Waals surface area contributed by atoms with Crippen LogP contribution in [0.1, 0.15) is 54.4 Å². The summed E-state index contributed by atoms with van der Waals surface area (Å²) in [6.07, 6.45) is 2.49. The maximum atomic E-state index is 3.20. The summed E-state index contributed by atoms with van der Waals surface area (Å²) in [4.78, 5) is 0. The van der Waals surface area contributed by atoms with E-state index in [1.54, 1.807) is 0 Å². The molecule has 0 saturated carbocycles. The van der Waals surface area contributed by atoms with Crippen LogP contribution in [-0.4, -0.2) is 13.1 Å². The highest BCUT2D eigenvalue weighted by atomic mass is 14.8. The summed E-state index contributed by atoms with van der Waals surface area (Å²) in [7, 11) is 0. The zero-order valence-electron chi connectivity index (χ0n) is 9.33. The third-order valence-corrected chi connectivity index (χ3v) is 0.677. The molecule has 0 aliphatic heterocycles. The maximum absolute atomic E-state index is 3.20. The average Bonchev–Trinajstić information content (AvgIpc) is 2.06. The van der Waals surface area contributed by atoms with Crippen LogP contribution in [0.25, 0.3) is 0 Å². The lowest BCUT2D eigenvalue weighted by molar-refractivity contribution is 0.703. The molecule has 0 radical (unpaired) electrons. The van der Waals surface area contributed by atoms with Crippen LogP contribution in [0.4, 0.5) is 0 Å². The molecule has 1 heteroatoms. The van der Waals surface area contributed by atoms with E-state index in [2.05, 4.69) is 33.0 Å². The number of hydrogen-bond donors (Lipinski definition) is 1. The molecule has 0 fully saturated rings. The smallest absolute Gasteiger partial charge is 0.00517 e. The summed E-state index contributed by atoms with van der Waals surface area (Å²) in [5, 5.41) is 3.20. The largest absolute Gasteiger partial charge is 0.317 e. The molecule has 0 saturated heterocycles. The maximum Gasteiger partial charge on any atom is -0.00517 e. The van der Waals surface area contributed by atoms with Crippen molar-refractivity contribution < 1.29 is 0 Å². The molecule has 1 nitrogen and oxygen atoms in total. The second kappa shape index (κ2) is 32.5. The highest BCUT2D eigenvalue weighted by Crippen LogP contribution is 1.65. The van der Waals surface area contributed by atoms with Gasteiger partial charge in [0.1, 0.15) is 0 Å². The van der Waals surface area contributed by atoms with E-state index in [9.17, 15) is 0 Å². The van der Waals surface area contributed by atoms with E-state index in [1.165, 1.54) is 12.8 Å². The zero-order valence-corrected chi connectivity index (χ0v) is 9.33. The quantitative estimate of drug-likeness (QED) is 0.625. The van der Waals surface area contributed by atoms with Crippen molar-refractivity contribution in [2.45, 2.75) is 54.4 Å². The topological polar surface area (TPSA) is 12.0 Å². The van der Waals surface area contributed by atoms with Crippen molar-refractivity contribution in [2.75, 3.05) is 13.1 Å². The zero-order chi connectivity index (χ0) is 9.54. The summed E-state index contributed by atoms with van der Waals surface area (Å²) in [5.74, 6) is 0.